The summed E-state index contributed by atoms with van der Waals surface area (Å²) in [5, 5.41) is 0. The summed E-state index contributed by atoms with van der Waals surface area (Å²) in [4.78, 5) is 0. The van der Waals surface area contributed by atoms with E-state index in [-0.39, 0.29) is 36.9 Å². The summed E-state index contributed by atoms with van der Waals surface area (Å²) >= 11 is 0. The SMILES string of the molecule is CS(=O)(=O)[O-].CS(=O)(=O)[O-].CS(=O)(=O)[O-].[Tm+3]. The third kappa shape index (κ3) is 3140. The Morgan fingerprint density at radius 3 is 0.562 bits per heavy atom. The van der Waals surface area contributed by atoms with Crippen molar-refractivity contribution in [2.45, 2.75) is 0 Å². The predicted molar refractivity (Wildman–Crippen MR) is 46.9 cm³/mol. The molecule has 106 valence electrons. The van der Waals surface area contributed by atoms with Crippen molar-refractivity contribution >= 4 is 30.4 Å². The van der Waals surface area contributed by atoms with Crippen LogP contribution in [0.3, 0.4) is 0 Å². The maximum atomic E-state index is 9.08. The van der Waals surface area contributed by atoms with E-state index in [4.69, 9.17) is 38.9 Å². The second-order valence-corrected chi connectivity index (χ2v) is 6.34. The zero-order valence-electron chi connectivity index (χ0n) is 8.18. The molecule has 0 aliphatic rings. The van der Waals surface area contributed by atoms with Gasteiger partial charge in [-0.2, -0.15) is 0 Å². The Hall–Kier alpha value is 0.964. The summed E-state index contributed by atoms with van der Waals surface area (Å²) in [6, 6.07) is 0. The molecule has 0 spiro atoms. The molecular weight excluding hydrogens is 445 g/mol. The van der Waals surface area contributed by atoms with Crippen molar-refractivity contribution in [1.82, 2.24) is 0 Å². The third-order valence-electron chi connectivity index (χ3n) is 0. The Morgan fingerprint density at radius 2 is 0.562 bits per heavy atom. The Morgan fingerprint density at radius 1 is 0.562 bits per heavy atom. The monoisotopic (exact) mass is 454 g/mol. The van der Waals surface area contributed by atoms with E-state index >= 15 is 0 Å². The van der Waals surface area contributed by atoms with Gasteiger partial charge in [0, 0.05) is 18.8 Å². The second kappa shape index (κ2) is 9.94. The largest absolute Gasteiger partial charge is 3.00 e. The molecule has 0 unspecified atom stereocenters. The van der Waals surface area contributed by atoms with Gasteiger partial charge >= 0.3 is 36.9 Å². The molecule has 13 heteroatoms. The van der Waals surface area contributed by atoms with E-state index in [1.807, 2.05) is 0 Å². The van der Waals surface area contributed by atoms with E-state index in [2.05, 4.69) is 0 Å². The van der Waals surface area contributed by atoms with Gasteiger partial charge in [0.15, 0.2) is 0 Å². The van der Waals surface area contributed by atoms with Gasteiger partial charge in [-0.3, -0.25) is 0 Å². The first-order chi connectivity index (χ1) is 6.00. The van der Waals surface area contributed by atoms with Crippen LogP contribution in [0, 0.1) is 36.9 Å². The van der Waals surface area contributed by atoms with Crippen LogP contribution >= 0.6 is 0 Å². The molecule has 0 fully saturated rings. The molecule has 0 atom stereocenters. The number of hydrogen-bond donors (Lipinski definition) is 0. The maximum Gasteiger partial charge on any atom is 3.00 e. The first kappa shape index (κ1) is 25.7. The van der Waals surface area contributed by atoms with Crippen molar-refractivity contribution in [1.29, 1.82) is 0 Å². The van der Waals surface area contributed by atoms with Crippen molar-refractivity contribution in [3.63, 3.8) is 0 Å². The topological polar surface area (TPSA) is 172 Å². The summed E-state index contributed by atoms with van der Waals surface area (Å²) in [6.45, 7) is 0. The zero-order chi connectivity index (χ0) is 13.5. The molecule has 0 amide bonds. The van der Waals surface area contributed by atoms with Gasteiger partial charge in [0.2, 0.25) is 0 Å². The molecule has 0 aliphatic carbocycles. The molecule has 0 aliphatic heterocycles. The fourth-order valence-corrected chi connectivity index (χ4v) is 0. The first-order valence-electron chi connectivity index (χ1n) is 2.72. The minimum Gasteiger partial charge on any atom is -0.748 e. The van der Waals surface area contributed by atoms with Crippen LogP contribution in [0.15, 0.2) is 0 Å². The molecule has 0 aromatic heterocycles. The minimum atomic E-state index is -3.92. The van der Waals surface area contributed by atoms with Gasteiger partial charge in [0.25, 0.3) is 0 Å². The molecule has 0 bridgehead atoms. The maximum absolute atomic E-state index is 9.08. The number of rotatable bonds is 0. The van der Waals surface area contributed by atoms with E-state index < -0.39 is 30.4 Å². The van der Waals surface area contributed by atoms with Gasteiger partial charge < -0.3 is 13.7 Å². The van der Waals surface area contributed by atoms with Crippen molar-refractivity contribution in [3.8, 4) is 0 Å². The van der Waals surface area contributed by atoms with E-state index in [0.29, 0.717) is 18.8 Å². The van der Waals surface area contributed by atoms with Crippen LogP contribution < -0.4 is 0 Å². The van der Waals surface area contributed by atoms with Gasteiger partial charge in [-0.05, 0) is 0 Å². The Labute approximate surface area is 124 Å². The van der Waals surface area contributed by atoms with E-state index in [0.717, 1.165) is 0 Å². The standard InChI is InChI=1S/3CH4O3S.Tm/c3*1-5(2,3)4;/h3*1H3,(H,2,3,4);/q;;;+3/p-3. The molecule has 16 heavy (non-hydrogen) atoms. The average molecular weight is 454 g/mol. The van der Waals surface area contributed by atoms with Crippen LogP contribution in [0.5, 0.6) is 0 Å². The second-order valence-electron chi connectivity index (χ2n) is 2.11. The summed E-state index contributed by atoms with van der Waals surface area (Å²) in [7, 11) is -11.8. The molecule has 0 saturated carbocycles. The number of hydrogen-bond acceptors (Lipinski definition) is 9. The normalized spacial score (nSPS) is 10.9. The van der Waals surface area contributed by atoms with Gasteiger partial charge in [0.1, 0.15) is 0 Å². The first-order valence-corrected chi connectivity index (χ1v) is 8.17. The van der Waals surface area contributed by atoms with E-state index in [1.54, 1.807) is 0 Å². The molecular formula is C3H9O9S3Tm. The molecule has 0 heterocycles. The summed E-state index contributed by atoms with van der Waals surface area (Å²) < 4.78 is 81.7. The van der Waals surface area contributed by atoms with Gasteiger partial charge in [0.05, 0.1) is 30.4 Å². The van der Waals surface area contributed by atoms with Crippen molar-refractivity contribution < 1.29 is 75.8 Å². The third-order valence-corrected chi connectivity index (χ3v) is 0. The van der Waals surface area contributed by atoms with Crippen LogP contribution in [-0.4, -0.2) is 57.7 Å². The molecule has 0 N–H and O–H groups in total. The quantitative estimate of drug-likeness (QED) is 0.358. The van der Waals surface area contributed by atoms with Crippen molar-refractivity contribution in [2.75, 3.05) is 18.8 Å². The van der Waals surface area contributed by atoms with Gasteiger partial charge in [-0.1, -0.05) is 0 Å². The van der Waals surface area contributed by atoms with Crippen molar-refractivity contribution in [3.05, 3.63) is 0 Å². The van der Waals surface area contributed by atoms with Gasteiger partial charge in [-0.25, -0.2) is 25.3 Å². The summed E-state index contributed by atoms with van der Waals surface area (Å²) in [5.41, 5.74) is 0. The van der Waals surface area contributed by atoms with E-state index in [1.165, 1.54) is 0 Å². The van der Waals surface area contributed by atoms with Crippen molar-refractivity contribution in [2.24, 2.45) is 0 Å². The van der Waals surface area contributed by atoms with Crippen LogP contribution in [0.2, 0.25) is 0 Å². The average Bonchev–Trinajstić information content (AvgIpc) is 1.41. The smallest absolute Gasteiger partial charge is 0.748 e. The van der Waals surface area contributed by atoms with Crippen LogP contribution in [0.25, 0.3) is 0 Å². The Kier molecular flexibility index (Phi) is 16.0. The molecule has 9 nitrogen and oxygen atoms in total. The van der Waals surface area contributed by atoms with Gasteiger partial charge in [-0.15, -0.1) is 0 Å². The predicted octanol–water partition coefficient (Wildman–Crippen LogP) is -2.52. The molecule has 0 radical (unpaired) electrons. The minimum absolute atomic E-state index is 0. The molecule has 0 aromatic rings. The van der Waals surface area contributed by atoms with Crippen LogP contribution in [0.4, 0.5) is 0 Å². The Balaban J connectivity index is -0.0000000655. The fraction of sp³-hybridized carbons (Fsp3) is 1.00. The summed E-state index contributed by atoms with van der Waals surface area (Å²) in [6.07, 6.45) is 1.81. The molecule has 0 rings (SSSR count). The molecule has 0 saturated heterocycles. The van der Waals surface area contributed by atoms with E-state index in [9.17, 15) is 0 Å². The van der Waals surface area contributed by atoms with Crippen LogP contribution in [-0.2, 0) is 30.4 Å². The molecule has 0 aromatic carbocycles. The van der Waals surface area contributed by atoms with Crippen LogP contribution in [0.1, 0.15) is 0 Å². The fourth-order valence-electron chi connectivity index (χ4n) is 0. The zero-order valence-corrected chi connectivity index (χ0v) is 12.4. The summed E-state index contributed by atoms with van der Waals surface area (Å²) in [5.74, 6) is 0. The Bertz CT molecular complexity index is 347.